The summed E-state index contributed by atoms with van der Waals surface area (Å²) in [5.41, 5.74) is 13.9. The van der Waals surface area contributed by atoms with Crippen molar-refractivity contribution < 1.29 is 51.0 Å². The van der Waals surface area contributed by atoms with Gasteiger partial charge in [-0.1, -0.05) is 102 Å². The van der Waals surface area contributed by atoms with Crippen LogP contribution < -0.4 is 24.8 Å². The van der Waals surface area contributed by atoms with E-state index in [0.29, 0.717) is 5.92 Å². The molecule has 0 aromatic heterocycles. The van der Waals surface area contributed by atoms with Gasteiger partial charge in [-0.15, -0.1) is 16.7 Å². The zero-order valence-electron chi connectivity index (χ0n) is 21.3. The number of benzene rings is 4. The Hall–Kier alpha value is -1.22. The van der Waals surface area contributed by atoms with Crippen LogP contribution in [-0.2, 0) is 32.6 Å². The number of hydrogen-bond donors (Lipinski definition) is 0. The maximum Gasteiger partial charge on any atom is 3.00 e. The van der Waals surface area contributed by atoms with Crippen LogP contribution in [0.4, 0.5) is 0 Å². The standard InChI is InChI=1S/C30H22Br.C2H7Si.2ClH.Zr/c1-2-19-17-28-23(20-13-15-22(31)16-14-20)9-5-11-26(28)30(19)27-12-6-10-25-24-8-4-3-7-21(24)18-29(25)27;1-3-2;;;/h3-11,13-17,30H,2,18H2,1H3;3H,1-2H3;2*1H;/q-1;;;;+3/p-2. The molecule has 4 aromatic rings. The average molecular weight is 684 g/mol. The van der Waals surface area contributed by atoms with Gasteiger partial charge in [0.05, 0.1) is 0 Å². The van der Waals surface area contributed by atoms with Crippen LogP contribution in [0.3, 0.4) is 0 Å². The summed E-state index contributed by atoms with van der Waals surface area (Å²) in [7, 11) is 0.750. The molecular formula is C32H29BrCl2SiZr. The smallest absolute Gasteiger partial charge is 1.00 e. The molecule has 0 N–H and O–H groups in total. The van der Waals surface area contributed by atoms with E-state index in [1.165, 1.54) is 55.6 Å². The van der Waals surface area contributed by atoms with E-state index in [9.17, 15) is 0 Å². The van der Waals surface area contributed by atoms with Gasteiger partial charge >= 0.3 is 26.2 Å². The van der Waals surface area contributed by atoms with Crippen LogP contribution >= 0.6 is 15.9 Å². The first-order valence-electron chi connectivity index (χ1n) is 12.1. The van der Waals surface area contributed by atoms with Crippen molar-refractivity contribution in [2.24, 2.45) is 0 Å². The molecule has 0 heterocycles. The van der Waals surface area contributed by atoms with Crippen molar-refractivity contribution in [2.45, 2.75) is 38.8 Å². The molecule has 0 bridgehead atoms. The van der Waals surface area contributed by atoms with Crippen LogP contribution in [0.1, 0.15) is 47.1 Å². The summed E-state index contributed by atoms with van der Waals surface area (Å²) in [6.45, 7) is 6.70. The molecule has 0 nitrogen and oxygen atoms in total. The Morgan fingerprint density at radius 1 is 0.865 bits per heavy atom. The van der Waals surface area contributed by atoms with E-state index in [4.69, 9.17) is 0 Å². The summed E-state index contributed by atoms with van der Waals surface area (Å²) >= 11 is 3.57. The third kappa shape index (κ3) is 6.18. The molecule has 5 heteroatoms. The van der Waals surface area contributed by atoms with Gasteiger partial charge in [-0.3, -0.25) is 0 Å². The predicted molar refractivity (Wildman–Crippen MR) is 152 cm³/mol. The topological polar surface area (TPSA) is 0 Å². The summed E-state index contributed by atoms with van der Waals surface area (Å²) in [4.78, 5) is 0. The van der Waals surface area contributed by atoms with Crippen LogP contribution in [0.25, 0.3) is 28.3 Å². The fourth-order valence-electron chi connectivity index (χ4n) is 5.37. The number of allylic oxidation sites excluding steroid dienone is 1. The third-order valence-corrected chi connectivity index (χ3v) is 7.35. The number of halogens is 3. The van der Waals surface area contributed by atoms with Crippen LogP contribution in [-0.4, -0.2) is 9.52 Å². The molecule has 0 fully saturated rings. The first-order chi connectivity index (χ1) is 16.7. The van der Waals surface area contributed by atoms with Gasteiger partial charge in [0, 0.05) is 19.9 Å². The maximum atomic E-state index is 3.67. The van der Waals surface area contributed by atoms with Gasteiger partial charge in [0.2, 0.25) is 0 Å². The summed E-state index contributed by atoms with van der Waals surface area (Å²) in [6.07, 6.45) is 4.49. The van der Waals surface area contributed by atoms with Gasteiger partial charge in [-0.25, -0.2) is 0 Å². The first-order valence-corrected chi connectivity index (χ1v) is 15.2. The second-order valence-electron chi connectivity index (χ2n) is 9.02. The van der Waals surface area contributed by atoms with Crippen LogP contribution in [0.5, 0.6) is 0 Å². The summed E-state index contributed by atoms with van der Waals surface area (Å²) in [5, 5.41) is 0. The van der Waals surface area contributed by atoms with Gasteiger partial charge in [0.15, 0.2) is 0 Å². The Balaban J connectivity index is 0.000000767. The number of fused-ring (bicyclic) bond motifs is 4. The molecule has 4 aromatic carbocycles. The molecule has 0 saturated heterocycles. The minimum Gasteiger partial charge on any atom is -1.00 e. The second-order valence-corrected chi connectivity index (χ2v) is 11.1. The molecule has 1 unspecified atom stereocenters. The Kier molecular flexibility index (Phi) is 12.3. The molecule has 0 spiro atoms. The van der Waals surface area contributed by atoms with Crippen LogP contribution in [0, 0.1) is 6.07 Å². The molecule has 2 aliphatic rings. The Morgan fingerprint density at radius 2 is 1.54 bits per heavy atom. The molecular weight excluding hydrogens is 654 g/mol. The van der Waals surface area contributed by atoms with E-state index in [-0.39, 0.29) is 51.0 Å². The normalized spacial score (nSPS) is 13.8. The minimum atomic E-state index is 0. The average Bonchev–Trinajstić information content (AvgIpc) is 3.43. The van der Waals surface area contributed by atoms with Crippen molar-refractivity contribution in [1.29, 1.82) is 0 Å². The SMILES string of the molecule is CCC1=Cc2c(-c3ccc(Br)cc3)cccc2C1c1[c-]ccc2c1Cc1ccccc1-2.C[SiH]C.[Cl-].[Cl-].[Zr+3]. The van der Waals surface area contributed by atoms with Gasteiger partial charge in [-0.2, -0.15) is 18.2 Å². The Morgan fingerprint density at radius 3 is 2.24 bits per heavy atom. The fourth-order valence-corrected chi connectivity index (χ4v) is 5.63. The predicted octanol–water partition coefficient (Wildman–Crippen LogP) is 2.95. The van der Waals surface area contributed by atoms with Gasteiger partial charge < -0.3 is 24.8 Å². The molecule has 2 aliphatic carbocycles. The van der Waals surface area contributed by atoms with Gasteiger partial charge in [-0.05, 0) is 58.4 Å². The molecule has 0 aliphatic heterocycles. The van der Waals surface area contributed by atoms with Crippen molar-refractivity contribution >= 4 is 31.5 Å². The molecule has 186 valence electrons. The van der Waals surface area contributed by atoms with E-state index >= 15 is 0 Å². The monoisotopic (exact) mass is 680 g/mol. The molecule has 6 rings (SSSR count). The van der Waals surface area contributed by atoms with Crippen LogP contribution in [0.2, 0.25) is 13.1 Å². The largest absolute Gasteiger partial charge is 3.00 e. The molecule has 1 atom stereocenters. The van der Waals surface area contributed by atoms with E-state index in [0.717, 1.165) is 26.8 Å². The Labute approximate surface area is 264 Å². The Bertz CT molecular complexity index is 1380. The molecule has 0 saturated carbocycles. The molecule has 37 heavy (non-hydrogen) atoms. The number of rotatable bonds is 3. The van der Waals surface area contributed by atoms with Crippen molar-refractivity contribution in [3.05, 3.63) is 123 Å². The van der Waals surface area contributed by atoms with E-state index in [1.54, 1.807) is 0 Å². The van der Waals surface area contributed by atoms with E-state index in [2.05, 4.69) is 127 Å². The van der Waals surface area contributed by atoms with Crippen molar-refractivity contribution in [2.75, 3.05) is 0 Å². The zero-order chi connectivity index (χ0) is 23.7. The fraction of sp³-hybridized carbons (Fsp3) is 0.188. The van der Waals surface area contributed by atoms with Gasteiger partial charge in [0.25, 0.3) is 0 Å². The van der Waals surface area contributed by atoms with Crippen molar-refractivity contribution in [3.63, 3.8) is 0 Å². The molecule has 0 amide bonds. The quantitative estimate of drug-likeness (QED) is 0.203. The van der Waals surface area contributed by atoms with E-state index < -0.39 is 0 Å². The summed E-state index contributed by atoms with van der Waals surface area (Å²) in [6, 6.07) is 32.3. The van der Waals surface area contributed by atoms with Crippen molar-refractivity contribution in [3.8, 4) is 22.3 Å². The minimum absolute atomic E-state index is 0. The zero-order valence-corrected chi connectivity index (χ0v) is 28.0. The van der Waals surface area contributed by atoms with Crippen LogP contribution in [0.15, 0.2) is 88.9 Å². The first kappa shape index (κ1) is 32.0. The summed E-state index contributed by atoms with van der Waals surface area (Å²) < 4.78 is 1.11. The third-order valence-electron chi connectivity index (χ3n) is 6.82. The molecule has 2 radical (unpaired) electrons. The van der Waals surface area contributed by atoms with Gasteiger partial charge in [0.1, 0.15) is 0 Å². The van der Waals surface area contributed by atoms with Crippen molar-refractivity contribution in [1.82, 2.24) is 0 Å². The van der Waals surface area contributed by atoms with E-state index in [1.807, 2.05) is 0 Å². The number of hydrogen-bond acceptors (Lipinski definition) is 0. The second kappa shape index (κ2) is 14.2. The maximum absolute atomic E-state index is 3.67. The summed E-state index contributed by atoms with van der Waals surface area (Å²) in [5.74, 6) is 0.291.